The Hall–Kier alpha value is -3.61. The van der Waals surface area contributed by atoms with Crippen LogP contribution in [0.15, 0.2) is 60.8 Å². The average Bonchev–Trinajstić information content (AvgIpc) is 2.73. The van der Waals surface area contributed by atoms with Gasteiger partial charge in [-0.1, -0.05) is 30.3 Å². The molecule has 0 radical (unpaired) electrons. The van der Waals surface area contributed by atoms with E-state index in [0.29, 0.717) is 23.9 Å². The van der Waals surface area contributed by atoms with Gasteiger partial charge in [0, 0.05) is 18.3 Å². The Bertz CT molecular complexity index is 976. The zero-order valence-electron chi connectivity index (χ0n) is 16.7. The first-order chi connectivity index (χ1) is 14.1. The zero-order chi connectivity index (χ0) is 20.6. The van der Waals surface area contributed by atoms with Crippen LogP contribution in [-0.2, 0) is 6.54 Å². The number of benzene rings is 2. The summed E-state index contributed by atoms with van der Waals surface area (Å²) in [6.45, 7) is 4.34. The number of carbonyl (C=O) groups is 1. The minimum Gasteiger partial charge on any atom is -0.496 e. The van der Waals surface area contributed by atoms with E-state index in [4.69, 9.17) is 9.47 Å². The van der Waals surface area contributed by atoms with Crippen molar-refractivity contribution in [1.82, 2.24) is 9.97 Å². The number of aromatic nitrogens is 2. The maximum atomic E-state index is 12.7. The molecule has 2 N–H and O–H groups in total. The second-order valence-electron chi connectivity index (χ2n) is 6.55. The topological polar surface area (TPSA) is 85.4 Å². The van der Waals surface area contributed by atoms with Crippen LogP contribution in [0.2, 0.25) is 0 Å². The highest BCUT2D eigenvalue weighted by Gasteiger charge is 2.13. The Morgan fingerprint density at radius 2 is 1.76 bits per heavy atom. The number of nitrogens with one attached hydrogen (secondary N) is 2. The van der Waals surface area contributed by atoms with Gasteiger partial charge in [0.05, 0.1) is 18.9 Å². The van der Waals surface area contributed by atoms with E-state index in [1.165, 1.54) is 0 Å². The molecule has 1 heterocycles. The lowest BCUT2D eigenvalue weighted by molar-refractivity contribution is 0.102. The van der Waals surface area contributed by atoms with Crippen molar-refractivity contribution in [1.29, 1.82) is 0 Å². The third-order valence-electron chi connectivity index (χ3n) is 4.02. The lowest BCUT2D eigenvalue weighted by atomic mass is 10.2. The number of hydrogen-bond acceptors (Lipinski definition) is 6. The Morgan fingerprint density at radius 1 is 1.03 bits per heavy atom. The molecule has 3 rings (SSSR count). The fourth-order valence-electron chi connectivity index (χ4n) is 2.71. The first kappa shape index (κ1) is 20.1. The van der Waals surface area contributed by atoms with Crippen LogP contribution in [0, 0.1) is 0 Å². The number of anilines is 2. The molecule has 0 saturated carbocycles. The van der Waals surface area contributed by atoms with Crippen molar-refractivity contribution in [3.63, 3.8) is 0 Å². The lowest BCUT2D eigenvalue weighted by Gasteiger charge is -2.14. The van der Waals surface area contributed by atoms with E-state index in [1.54, 1.807) is 25.4 Å². The molecule has 2 aromatic carbocycles. The number of amides is 1. The second kappa shape index (κ2) is 9.54. The fraction of sp³-hybridized carbons (Fsp3) is 0.227. The van der Waals surface area contributed by atoms with Crippen LogP contribution in [0.3, 0.4) is 0 Å². The standard InChI is InChI=1S/C22H24N4O3/c1-15(2)29-20-11-7-5-9-17(20)25-21(27)18-12-13-23-22(26-18)24-14-16-8-4-6-10-19(16)28-3/h4-13,15H,14H2,1-3H3,(H,25,27)(H,23,24,26). The normalized spacial score (nSPS) is 10.5. The van der Waals surface area contributed by atoms with Crippen LogP contribution in [0.5, 0.6) is 11.5 Å². The van der Waals surface area contributed by atoms with E-state index in [1.807, 2.05) is 56.3 Å². The van der Waals surface area contributed by atoms with Gasteiger partial charge in [0.1, 0.15) is 17.2 Å². The Balaban J connectivity index is 1.70. The Labute approximate surface area is 170 Å². The number of para-hydroxylation sites is 3. The van der Waals surface area contributed by atoms with Crippen molar-refractivity contribution in [2.24, 2.45) is 0 Å². The fourth-order valence-corrected chi connectivity index (χ4v) is 2.71. The summed E-state index contributed by atoms with van der Waals surface area (Å²) in [4.78, 5) is 21.2. The molecule has 1 aromatic heterocycles. The molecule has 0 aliphatic rings. The molecular weight excluding hydrogens is 368 g/mol. The van der Waals surface area contributed by atoms with Gasteiger partial charge in [-0.15, -0.1) is 0 Å². The highest BCUT2D eigenvalue weighted by Crippen LogP contribution is 2.25. The molecule has 0 saturated heterocycles. The zero-order valence-corrected chi connectivity index (χ0v) is 16.7. The summed E-state index contributed by atoms with van der Waals surface area (Å²) in [5, 5.41) is 5.97. The van der Waals surface area contributed by atoms with E-state index in [0.717, 1.165) is 11.3 Å². The number of methoxy groups -OCH3 is 1. The van der Waals surface area contributed by atoms with Gasteiger partial charge < -0.3 is 20.1 Å². The number of rotatable bonds is 8. The minimum absolute atomic E-state index is 0.00196. The monoisotopic (exact) mass is 392 g/mol. The molecule has 0 aliphatic carbocycles. The predicted molar refractivity (Wildman–Crippen MR) is 113 cm³/mol. The van der Waals surface area contributed by atoms with Crippen molar-refractivity contribution in [3.8, 4) is 11.5 Å². The third-order valence-corrected chi connectivity index (χ3v) is 4.02. The van der Waals surface area contributed by atoms with Gasteiger partial charge in [-0.25, -0.2) is 9.97 Å². The molecule has 7 heteroatoms. The maximum Gasteiger partial charge on any atom is 0.274 e. The molecule has 0 unspecified atom stereocenters. The SMILES string of the molecule is COc1ccccc1CNc1nccc(C(=O)Nc2ccccc2OC(C)C)n1. The molecule has 7 nitrogen and oxygen atoms in total. The molecular formula is C22H24N4O3. The summed E-state index contributed by atoms with van der Waals surface area (Å²) in [5.74, 6) is 1.40. The summed E-state index contributed by atoms with van der Waals surface area (Å²) in [6, 6.07) is 16.5. The second-order valence-corrected chi connectivity index (χ2v) is 6.55. The molecule has 1 amide bonds. The molecule has 3 aromatic rings. The predicted octanol–water partition coefficient (Wildman–Crippen LogP) is 4.14. The number of ether oxygens (including phenoxy) is 2. The van der Waals surface area contributed by atoms with Crippen LogP contribution in [0.4, 0.5) is 11.6 Å². The molecule has 29 heavy (non-hydrogen) atoms. The van der Waals surface area contributed by atoms with Crippen LogP contribution in [0.1, 0.15) is 29.9 Å². The van der Waals surface area contributed by atoms with Gasteiger partial charge in [0.2, 0.25) is 5.95 Å². The summed E-state index contributed by atoms with van der Waals surface area (Å²) < 4.78 is 11.1. The van der Waals surface area contributed by atoms with E-state index in [9.17, 15) is 4.79 Å². The summed E-state index contributed by atoms with van der Waals surface area (Å²) in [5.41, 5.74) is 1.81. The maximum absolute atomic E-state index is 12.7. The van der Waals surface area contributed by atoms with Crippen LogP contribution in [-0.4, -0.2) is 29.1 Å². The molecule has 0 spiro atoms. The highest BCUT2D eigenvalue weighted by molar-refractivity contribution is 6.03. The highest BCUT2D eigenvalue weighted by atomic mass is 16.5. The number of carbonyl (C=O) groups excluding carboxylic acids is 1. The molecule has 0 atom stereocenters. The van der Waals surface area contributed by atoms with Gasteiger partial charge >= 0.3 is 0 Å². The van der Waals surface area contributed by atoms with Gasteiger partial charge in [-0.05, 0) is 38.1 Å². The molecule has 0 fully saturated rings. The minimum atomic E-state index is -0.340. The van der Waals surface area contributed by atoms with E-state index >= 15 is 0 Å². The third kappa shape index (κ3) is 5.44. The Kier molecular flexibility index (Phi) is 6.63. The Morgan fingerprint density at radius 3 is 2.52 bits per heavy atom. The summed E-state index contributed by atoms with van der Waals surface area (Å²) >= 11 is 0. The van der Waals surface area contributed by atoms with Crippen LogP contribution >= 0.6 is 0 Å². The first-order valence-electron chi connectivity index (χ1n) is 9.32. The number of nitrogens with zero attached hydrogens (tertiary/aromatic N) is 2. The van der Waals surface area contributed by atoms with E-state index in [2.05, 4.69) is 20.6 Å². The summed E-state index contributed by atoms with van der Waals surface area (Å²) in [6.07, 6.45) is 1.54. The van der Waals surface area contributed by atoms with Crippen molar-refractivity contribution in [3.05, 3.63) is 72.1 Å². The van der Waals surface area contributed by atoms with Crippen molar-refractivity contribution in [2.45, 2.75) is 26.5 Å². The number of hydrogen-bond donors (Lipinski definition) is 2. The molecule has 0 bridgehead atoms. The lowest BCUT2D eigenvalue weighted by Crippen LogP contribution is -2.17. The van der Waals surface area contributed by atoms with E-state index < -0.39 is 0 Å². The first-order valence-corrected chi connectivity index (χ1v) is 9.32. The van der Waals surface area contributed by atoms with E-state index in [-0.39, 0.29) is 17.7 Å². The smallest absolute Gasteiger partial charge is 0.274 e. The largest absolute Gasteiger partial charge is 0.496 e. The molecule has 0 aliphatic heterocycles. The van der Waals surface area contributed by atoms with Crippen molar-refractivity contribution >= 4 is 17.5 Å². The van der Waals surface area contributed by atoms with Gasteiger partial charge in [-0.3, -0.25) is 4.79 Å². The van der Waals surface area contributed by atoms with Crippen molar-refractivity contribution in [2.75, 3.05) is 17.7 Å². The summed E-state index contributed by atoms with van der Waals surface area (Å²) in [7, 11) is 1.63. The van der Waals surface area contributed by atoms with Gasteiger partial charge in [0.25, 0.3) is 5.91 Å². The van der Waals surface area contributed by atoms with Gasteiger partial charge in [0.15, 0.2) is 0 Å². The average molecular weight is 392 g/mol. The quantitative estimate of drug-likeness (QED) is 0.599. The van der Waals surface area contributed by atoms with Crippen LogP contribution < -0.4 is 20.1 Å². The van der Waals surface area contributed by atoms with Crippen molar-refractivity contribution < 1.29 is 14.3 Å². The molecule has 150 valence electrons. The van der Waals surface area contributed by atoms with Crippen LogP contribution in [0.25, 0.3) is 0 Å². The van der Waals surface area contributed by atoms with Gasteiger partial charge in [-0.2, -0.15) is 0 Å².